The van der Waals surface area contributed by atoms with Crippen molar-refractivity contribution < 1.29 is 13.9 Å². The predicted molar refractivity (Wildman–Crippen MR) is 79.8 cm³/mol. The molecule has 0 N–H and O–H groups in total. The van der Waals surface area contributed by atoms with E-state index in [1.165, 1.54) is 11.0 Å². The van der Waals surface area contributed by atoms with Crippen LogP contribution in [0.4, 0.5) is 4.39 Å². The van der Waals surface area contributed by atoms with Gasteiger partial charge in [0.25, 0.3) is 5.91 Å². The molecule has 0 radical (unpaired) electrons. The highest BCUT2D eigenvalue weighted by Crippen LogP contribution is 2.15. The highest BCUT2D eigenvalue weighted by Gasteiger charge is 2.13. The van der Waals surface area contributed by atoms with Crippen LogP contribution in [0.25, 0.3) is 0 Å². The van der Waals surface area contributed by atoms with Crippen molar-refractivity contribution in [3.8, 4) is 5.75 Å². The smallest absolute Gasteiger partial charge is 0.253 e. The van der Waals surface area contributed by atoms with E-state index in [0.717, 1.165) is 5.75 Å². The summed E-state index contributed by atoms with van der Waals surface area (Å²) in [4.78, 5) is 13.8. The molecule has 0 aliphatic rings. The van der Waals surface area contributed by atoms with Gasteiger partial charge in [0.15, 0.2) is 0 Å². The molecule has 2 rings (SSSR count). The summed E-state index contributed by atoms with van der Waals surface area (Å²) in [6.07, 6.45) is 0. The van der Waals surface area contributed by atoms with Gasteiger partial charge < -0.3 is 9.64 Å². The number of benzene rings is 2. The Bertz CT molecular complexity index is 610. The van der Waals surface area contributed by atoms with E-state index in [1.807, 2.05) is 6.92 Å². The van der Waals surface area contributed by atoms with Gasteiger partial charge in [-0.05, 0) is 37.3 Å². The second-order valence-electron chi connectivity index (χ2n) is 4.71. The van der Waals surface area contributed by atoms with Crippen molar-refractivity contribution in [1.29, 1.82) is 0 Å². The van der Waals surface area contributed by atoms with Gasteiger partial charge in [0.1, 0.15) is 11.6 Å². The lowest BCUT2D eigenvalue weighted by molar-refractivity contribution is 0.0784. The Hall–Kier alpha value is -2.36. The fourth-order valence-electron chi connectivity index (χ4n) is 2.03. The van der Waals surface area contributed by atoms with Crippen molar-refractivity contribution in [1.82, 2.24) is 4.90 Å². The van der Waals surface area contributed by atoms with E-state index in [9.17, 15) is 9.18 Å². The third-order valence-corrected chi connectivity index (χ3v) is 3.12. The SMILES string of the molecule is CCOc1ccc(C(=O)N(C)Cc2ccccc2F)cc1. The van der Waals surface area contributed by atoms with Crippen LogP contribution in [-0.2, 0) is 6.54 Å². The van der Waals surface area contributed by atoms with Crippen LogP contribution in [0, 0.1) is 5.82 Å². The Labute approximate surface area is 124 Å². The first-order valence-corrected chi connectivity index (χ1v) is 6.83. The Balaban J connectivity index is 2.07. The minimum absolute atomic E-state index is 0.152. The number of nitrogens with zero attached hydrogens (tertiary/aromatic N) is 1. The first-order chi connectivity index (χ1) is 10.1. The molecule has 0 bridgehead atoms. The normalized spacial score (nSPS) is 10.2. The predicted octanol–water partition coefficient (Wildman–Crippen LogP) is 3.50. The average Bonchev–Trinajstić information content (AvgIpc) is 2.50. The molecule has 0 saturated heterocycles. The van der Waals surface area contributed by atoms with E-state index in [-0.39, 0.29) is 18.3 Å². The minimum Gasteiger partial charge on any atom is -0.494 e. The molecule has 0 fully saturated rings. The molecule has 4 heteroatoms. The van der Waals surface area contributed by atoms with Gasteiger partial charge in [-0.2, -0.15) is 0 Å². The zero-order valence-corrected chi connectivity index (χ0v) is 12.2. The molecule has 110 valence electrons. The molecule has 0 aliphatic carbocycles. The largest absolute Gasteiger partial charge is 0.494 e. The lowest BCUT2D eigenvalue weighted by atomic mass is 10.1. The second-order valence-corrected chi connectivity index (χ2v) is 4.71. The van der Waals surface area contributed by atoms with E-state index in [2.05, 4.69) is 0 Å². The molecule has 0 aliphatic heterocycles. The van der Waals surface area contributed by atoms with E-state index in [4.69, 9.17) is 4.74 Å². The van der Waals surface area contributed by atoms with Crippen LogP contribution in [0.1, 0.15) is 22.8 Å². The molecule has 2 aromatic rings. The molecule has 3 nitrogen and oxygen atoms in total. The molecule has 1 amide bonds. The number of rotatable bonds is 5. The summed E-state index contributed by atoms with van der Waals surface area (Å²) in [6.45, 7) is 2.72. The zero-order valence-electron chi connectivity index (χ0n) is 12.2. The number of carbonyl (C=O) groups excluding carboxylic acids is 1. The first-order valence-electron chi connectivity index (χ1n) is 6.83. The van der Waals surface area contributed by atoms with Crippen LogP contribution in [-0.4, -0.2) is 24.5 Å². The molecule has 21 heavy (non-hydrogen) atoms. The van der Waals surface area contributed by atoms with Gasteiger partial charge >= 0.3 is 0 Å². The molecule has 2 aromatic carbocycles. The quantitative estimate of drug-likeness (QED) is 0.842. The zero-order chi connectivity index (χ0) is 15.2. The number of ether oxygens (including phenoxy) is 1. The lowest BCUT2D eigenvalue weighted by Gasteiger charge is -2.18. The fraction of sp³-hybridized carbons (Fsp3) is 0.235. The van der Waals surface area contributed by atoms with Crippen molar-refractivity contribution in [2.75, 3.05) is 13.7 Å². The Morgan fingerprint density at radius 3 is 2.43 bits per heavy atom. The maximum Gasteiger partial charge on any atom is 0.253 e. The van der Waals surface area contributed by atoms with Gasteiger partial charge in [0.05, 0.1) is 6.61 Å². The van der Waals surface area contributed by atoms with Crippen LogP contribution >= 0.6 is 0 Å². The van der Waals surface area contributed by atoms with Crippen molar-refractivity contribution in [3.05, 3.63) is 65.5 Å². The minimum atomic E-state index is -0.302. The summed E-state index contributed by atoms with van der Waals surface area (Å²) in [6, 6.07) is 13.4. The third-order valence-electron chi connectivity index (χ3n) is 3.12. The maximum absolute atomic E-state index is 13.6. The van der Waals surface area contributed by atoms with E-state index >= 15 is 0 Å². The van der Waals surface area contributed by atoms with E-state index in [1.54, 1.807) is 49.5 Å². The summed E-state index contributed by atoms with van der Waals surface area (Å²) >= 11 is 0. The summed E-state index contributed by atoms with van der Waals surface area (Å²) in [7, 11) is 1.66. The van der Waals surface area contributed by atoms with Crippen LogP contribution in [0.5, 0.6) is 5.75 Å². The summed E-state index contributed by atoms with van der Waals surface area (Å²) in [5.74, 6) is 0.274. The van der Waals surface area contributed by atoms with Crippen molar-refractivity contribution in [2.24, 2.45) is 0 Å². The Morgan fingerprint density at radius 2 is 1.81 bits per heavy atom. The number of hydrogen-bond acceptors (Lipinski definition) is 2. The highest BCUT2D eigenvalue weighted by atomic mass is 19.1. The van der Waals surface area contributed by atoms with Gasteiger partial charge in [0, 0.05) is 24.7 Å². The summed E-state index contributed by atoms with van der Waals surface area (Å²) in [5, 5.41) is 0. The van der Waals surface area contributed by atoms with E-state index < -0.39 is 0 Å². The maximum atomic E-state index is 13.6. The standard InChI is InChI=1S/C17H18FNO2/c1-3-21-15-10-8-13(9-11-15)17(20)19(2)12-14-6-4-5-7-16(14)18/h4-11H,3,12H2,1-2H3. The molecule has 0 spiro atoms. The topological polar surface area (TPSA) is 29.5 Å². The molecule has 0 unspecified atom stereocenters. The molecule has 0 heterocycles. The van der Waals surface area contributed by atoms with Crippen molar-refractivity contribution in [3.63, 3.8) is 0 Å². The Kier molecular flexibility index (Phi) is 4.93. The van der Waals surface area contributed by atoms with Gasteiger partial charge in [-0.25, -0.2) is 4.39 Å². The monoisotopic (exact) mass is 287 g/mol. The van der Waals surface area contributed by atoms with Gasteiger partial charge in [0.2, 0.25) is 0 Å². The Morgan fingerprint density at radius 1 is 1.14 bits per heavy atom. The highest BCUT2D eigenvalue weighted by molar-refractivity contribution is 5.94. The van der Waals surface area contributed by atoms with Crippen molar-refractivity contribution in [2.45, 2.75) is 13.5 Å². The molecular formula is C17H18FNO2. The van der Waals surface area contributed by atoms with Crippen LogP contribution in [0.2, 0.25) is 0 Å². The second kappa shape index (κ2) is 6.88. The van der Waals surface area contributed by atoms with Crippen LogP contribution < -0.4 is 4.74 Å². The summed E-state index contributed by atoms with van der Waals surface area (Å²) in [5.41, 5.74) is 1.05. The first kappa shape index (κ1) is 15.0. The molecule has 0 saturated carbocycles. The van der Waals surface area contributed by atoms with Crippen LogP contribution in [0.15, 0.2) is 48.5 Å². The van der Waals surface area contributed by atoms with Crippen molar-refractivity contribution >= 4 is 5.91 Å². The van der Waals surface area contributed by atoms with Gasteiger partial charge in [-0.3, -0.25) is 4.79 Å². The number of halogens is 1. The van der Waals surface area contributed by atoms with Gasteiger partial charge in [-0.15, -0.1) is 0 Å². The van der Waals surface area contributed by atoms with Gasteiger partial charge in [-0.1, -0.05) is 18.2 Å². The molecular weight excluding hydrogens is 269 g/mol. The number of amides is 1. The van der Waals surface area contributed by atoms with Crippen LogP contribution in [0.3, 0.4) is 0 Å². The summed E-state index contributed by atoms with van der Waals surface area (Å²) < 4.78 is 18.9. The third kappa shape index (κ3) is 3.81. The number of carbonyl (C=O) groups is 1. The lowest BCUT2D eigenvalue weighted by Crippen LogP contribution is -2.26. The average molecular weight is 287 g/mol. The fourth-order valence-corrected chi connectivity index (χ4v) is 2.03. The molecule has 0 atom stereocenters. The number of hydrogen-bond donors (Lipinski definition) is 0. The van der Waals surface area contributed by atoms with E-state index in [0.29, 0.717) is 17.7 Å². The molecule has 0 aromatic heterocycles.